The average Bonchev–Trinajstić information content (AvgIpc) is 2.44. The Balaban J connectivity index is 2.43. The topological polar surface area (TPSA) is 32.5 Å². The largest absolute Gasteiger partial charge is 0.324 e. The zero-order valence-corrected chi connectivity index (χ0v) is 10.6. The van der Waals surface area contributed by atoms with Gasteiger partial charge in [0, 0.05) is 25.2 Å². The predicted molar refractivity (Wildman–Crippen MR) is 66.1 cm³/mol. The second-order valence-electron chi connectivity index (χ2n) is 5.00. The third-order valence-electron chi connectivity index (χ3n) is 3.76. The minimum atomic E-state index is 0.0307. The molecule has 0 radical (unpaired) electrons. The van der Waals surface area contributed by atoms with Crippen LogP contribution < -0.4 is 5.73 Å². The molecule has 1 heterocycles. The van der Waals surface area contributed by atoms with Crippen LogP contribution >= 0.6 is 0 Å². The molecule has 3 nitrogen and oxygen atoms in total. The molecule has 2 N–H and O–H groups in total. The van der Waals surface area contributed by atoms with Gasteiger partial charge in [0.1, 0.15) is 0 Å². The lowest BCUT2D eigenvalue weighted by Gasteiger charge is -2.33. The number of hydrogen-bond acceptors (Lipinski definition) is 3. The van der Waals surface area contributed by atoms with Crippen LogP contribution in [0.2, 0.25) is 0 Å². The molecule has 0 atom stereocenters. The molecule has 0 aromatic rings. The highest BCUT2D eigenvalue weighted by Gasteiger charge is 2.24. The molecule has 0 saturated carbocycles. The summed E-state index contributed by atoms with van der Waals surface area (Å²) in [4.78, 5) is 4.95. The van der Waals surface area contributed by atoms with Crippen LogP contribution in [0.1, 0.15) is 33.1 Å². The van der Waals surface area contributed by atoms with Crippen molar-refractivity contribution in [3.8, 4) is 0 Å². The normalized spacial score (nSPS) is 21.6. The zero-order valence-electron chi connectivity index (χ0n) is 10.6. The van der Waals surface area contributed by atoms with Gasteiger partial charge in [-0.25, -0.2) is 0 Å². The smallest absolute Gasteiger partial charge is 0.0278 e. The Labute approximate surface area is 94.6 Å². The van der Waals surface area contributed by atoms with Gasteiger partial charge >= 0.3 is 0 Å². The fourth-order valence-corrected chi connectivity index (χ4v) is 2.18. The van der Waals surface area contributed by atoms with Gasteiger partial charge in [0.05, 0.1) is 0 Å². The van der Waals surface area contributed by atoms with E-state index in [4.69, 9.17) is 5.73 Å². The number of hydrogen-bond donors (Lipinski definition) is 1. The number of nitrogens with two attached hydrogens (primary N) is 1. The van der Waals surface area contributed by atoms with Crippen molar-refractivity contribution >= 4 is 0 Å². The van der Waals surface area contributed by atoms with Crippen LogP contribution in [0, 0.1) is 0 Å². The predicted octanol–water partition coefficient (Wildman–Crippen LogP) is 1.14. The van der Waals surface area contributed by atoms with E-state index in [2.05, 4.69) is 30.7 Å². The van der Waals surface area contributed by atoms with Crippen molar-refractivity contribution in [2.75, 3.05) is 39.8 Å². The molecule has 3 heteroatoms. The molecule has 1 fully saturated rings. The lowest BCUT2D eigenvalue weighted by atomic mass is 9.93. The summed E-state index contributed by atoms with van der Waals surface area (Å²) in [5.74, 6) is 0. The summed E-state index contributed by atoms with van der Waals surface area (Å²) < 4.78 is 0. The van der Waals surface area contributed by atoms with Gasteiger partial charge in [-0.15, -0.1) is 0 Å². The fourth-order valence-electron chi connectivity index (χ4n) is 2.18. The van der Waals surface area contributed by atoms with Crippen LogP contribution in [0.3, 0.4) is 0 Å². The Morgan fingerprint density at radius 3 is 2.33 bits per heavy atom. The molecule has 0 amide bonds. The summed E-state index contributed by atoms with van der Waals surface area (Å²) in [6.45, 7) is 10.3. The highest BCUT2D eigenvalue weighted by atomic mass is 15.2. The quantitative estimate of drug-likeness (QED) is 0.760. The maximum atomic E-state index is 6.36. The van der Waals surface area contributed by atoms with Gasteiger partial charge in [0.25, 0.3) is 0 Å². The summed E-state index contributed by atoms with van der Waals surface area (Å²) in [5, 5.41) is 0. The van der Waals surface area contributed by atoms with Gasteiger partial charge in [-0.3, -0.25) is 0 Å². The lowest BCUT2D eigenvalue weighted by molar-refractivity contribution is 0.204. The Hall–Kier alpha value is -0.120. The number of rotatable bonds is 4. The van der Waals surface area contributed by atoms with Crippen LogP contribution in [0.15, 0.2) is 0 Å². The molecule has 1 rings (SSSR count). The van der Waals surface area contributed by atoms with Gasteiger partial charge in [0.2, 0.25) is 0 Å². The van der Waals surface area contributed by atoms with Crippen molar-refractivity contribution in [3.63, 3.8) is 0 Å². The summed E-state index contributed by atoms with van der Waals surface area (Å²) in [6, 6.07) is 0. The van der Waals surface area contributed by atoms with E-state index in [-0.39, 0.29) is 5.54 Å². The van der Waals surface area contributed by atoms with Crippen molar-refractivity contribution in [3.05, 3.63) is 0 Å². The number of nitrogens with zero attached hydrogens (tertiary/aromatic N) is 2. The maximum absolute atomic E-state index is 6.36. The third kappa shape index (κ3) is 4.09. The molecule has 1 aliphatic rings. The first kappa shape index (κ1) is 12.9. The van der Waals surface area contributed by atoms with Crippen molar-refractivity contribution in [1.29, 1.82) is 0 Å². The van der Waals surface area contributed by atoms with Gasteiger partial charge in [-0.05, 0) is 39.4 Å². The van der Waals surface area contributed by atoms with Crippen LogP contribution in [0.5, 0.6) is 0 Å². The highest BCUT2D eigenvalue weighted by Crippen LogP contribution is 2.14. The van der Waals surface area contributed by atoms with E-state index in [0.29, 0.717) is 0 Å². The van der Waals surface area contributed by atoms with Crippen molar-refractivity contribution < 1.29 is 0 Å². The van der Waals surface area contributed by atoms with E-state index >= 15 is 0 Å². The summed E-state index contributed by atoms with van der Waals surface area (Å²) in [5.41, 5.74) is 6.39. The molecule has 1 aliphatic heterocycles. The first-order valence-electron chi connectivity index (χ1n) is 6.29. The van der Waals surface area contributed by atoms with E-state index in [1.165, 1.54) is 32.6 Å². The third-order valence-corrected chi connectivity index (χ3v) is 3.76. The Kier molecular flexibility index (Phi) is 5.03. The van der Waals surface area contributed by atoms with Crippen LogP contribution in [-0.4, -0.2) is 55.1 Å². The molecule has 0 bridgehead atoms. The van der Waals surface area contributed by atoms with E-state index in [0.717, 1.165) is 19.4 Å². The van der Waals surface area contributed by atoms with E-state index < -0.39 is 0 Å². The molecular weight excluding hydrogens is 186 g/mol. The standard InChI is InChI=1S/C12H27N3/c1-4-12(13,5-2)11-15-8-6-7-14(3)9-10-15/h4-11,13H2,1-3H3. The van der Waals surface area contributed by atoms with Crippen molar-refractivity contribution in [2.45, 2.75) is 38.6 Å². The minimum absolute atomic E-state index is 0.0307. The van der Waals surface area contributed by atoms with Crippen molar-refractivity contribution in [1.82, 2.24) is 9.80 Å². The molecule has 1 saturated heterocycles. The van der Waals surface area contributed by atoms with Gasteiger partial charge in [-0.2, -0.15) is 0 Å². The molecule has 15 heavy (non-hydrogen) atoms. The second-order valence-corrected chi connectivity index (χ2v) is 5.00. The molecule has 0 spiro atoms. The molecular formula is C12H27N3. The van der Waals surface area contributed by atoms with Crippen molar-refractivity contribution in [2.24, 2.45) is 5.73 Å². The van der Waals surface area contributed by atoms with E-state index in [1.54, 1.807) is 0 Å². The highest BCUT2D eigenvalue weighted by molar-refractivity contribution is 4.85. The maximum Gasteiger partial charge on any atom is 0.0278 e. The molecule has 0 aromatic heterocycles. The molecule has 90 valence electrons. The summed E-state index contributed by atoms with van der Waals surface area (Å²) in [7, 11) is 2.21. The Bertz CT molecular complexity index is 178. The van der Waals surface area contributed by atoms with E-state index in [9.17, 15) is 0 Å². The van der Waals surface area contributed by atoms with Gasteiger partial charge < -0.3 is 15.5 Å². The van der Waals surface area contributed by atoms with Crippen LogP contribution in [0.25, 0.3) is 0 Å². The SMILES string of the molecule is CCC(N)(CC)CN1CCCN(C)CC1. The lowest BCUT2D eigenvalue weighted by Crippen LogP contribution is -2.50. The summed E-state index contributed by atoms with van der Waals surface area (Å²) >= 11 is 0. The van der Waals surface area contributed by atoms with Gasteiger partial charge in [0.15, 0.2) is 0 Å². The number of likely N-dealkylation sites (N-methyl/N-ethyl adjacent to an activating group) is 1. The average molecular weight is 213 g/mol. The first-order valence-corrected chi connectivity index (χ1v) is 6.29. The molecule has 0 aliphatic carbocycles. The zero-order chi connectivity index (χ0) is 11.3. The Morgan fingerprint density at radius 1 is 1.07 bits per heavy atom. The monoisotopic (exact) mass is 213 g/mol. The first-order chi connectivity index (χ1) is 7.09. The fraction of sp³-hybridized carbons (Fsp3) is 1.00. The second kappa shape index (κ2) is 5.83. The molecule has 0 aromatic carbocycles. The Morgan fingerprint density at radius 2 is 1.73 bits per heavy atom. The summed E-state index contributed by atoms with van der Waals surface area (Å²) in [6.07, 6.45) is 3.44. The van der Waals surface area contributed by atoms with Crippen LogP contribution in [-0.2, 0) is 0 Å². The minimum Gasteiger partial charge on any atom is -0.324 e. The van der Waals surface area contributed by atoms with Crippen LogP contribution in [0.4, 0.5) is 0 Å². The molecule has 0 unspecified atom stereocenters. The van der Waals surface area contributed by atoms with E-state index in [1.807, 2.05) is 0 Å². The van der Waals surface area contributed by atoms with Gasteiger partial charge in [-0.1, -0.05) is 13.8 Å².